The zero-order valence-corrected chi connectivity index (χ0v) is 19.5. The van der Waals surface area contributed by atoms with Crippen LogP contribution in [0.15, 0.2) is 0 Å². The summed E-state index contributed by atoms with van der Waals surface area (Å²) >= 11 is 0. The molecule has 0 aliphatic carbocycles. The molecule has 0 aromatic rings. The van der Waals surface area contributed by atoms with Gasteiger partial charge in [-0.3, -0.25) is 9.59 Å². The molecular formula is C21H43BN4O5. The maximum absolute atomic E-state index is 12.7. The first kappa shape index (κ1) is 29.2. The molecule has 2 atom stereocenters. The normalized spacial score (nSPS) is 12.8. The summed E-state index contributed by atoms with van der Waals surface area (Å²) in [4.78, 5) is 35.9. The van der Waals surface area contributed by atoms with Crippen LogP contribution >= 0.6 is 0 Å². The van der Waals surface area contributed by atoms with Crippen molar-refractivity contribution >= 4 is 25.0 Å². The van der Waals surface area contributed by atoms with Gasteiger partial charge in [-0.2, -0.15) is 0 Å². The van der Waals surface area contributed by atoms with E-state index in [1.54, 1.807) is 0 Å². The van der Waals surface area contributed by atoms with Gasteiger partial charge in [-0.1, -0.05) is 59.3 Å². The number of primary amides is 1. The molecule has 0 radical (unpaired) electrons. The minimum Gasteiger partial charge on any atom is -0.426 e. The molecule has 0 fully saturated rings. The zero-order valence-electron chi connectivity index (χ0n) is 19.5. The first-order valence-corrected chi connectivity index (χ1v) is 11.7. The quantitative estimate of drug-likeness (QED) is 0.141. The van der Waals surface area contributed by atoms with E-state index in [-0.39, 0.29) is 18.4 Å². The van der Waals surface area contributed by atoms with E-state index in [2.05, 4.69) is 22.9 Å². The summed E-state index contributed by atoms with van der Waals surface area (Å²) in [6.07, 6.45) is 9.15. The van der Waals surface area contributed by atoms with Crippen molar-refractivity contribution in [1.29, 1.82) is 0 Å². The lowest BCUT2D eigenvalue weighted by molar-refractivity contribution is -0.129. The zero-order chi connectivity index (χ0) is 23.6. The Kier molecular flexibility index (Phi) is 16.8. The predicted molar refractivity (Wildman–Crippen MR) is 123 cm³/mol. The summed E-state index contributed by atoms with van der Waals surface area (Å²) in [7, 11) is -1.69. The van der Waals surface area contributed by atoms with Gasteiger partial charge in [0.1, 0.15) is 6.04 Å². The Morgan fingerprint density at radius 3 is 2.10 bits per heavy atom. The van der Waals surface area contributed by atoms with E-state index >= 15 is 0 Å². The number of unbranched alkanes of at least 4 members (excludes halogenated alkanes) is 6. The number of nitrogens with one attached hydrogen (secondary N) is 3. The van der Waals surface area contributed by atoms with Crippen LogP contribution in [0.2, 0.25) is 0 Å². The Bertz CT molecular complexity index is 520. The largest absolute Gasteiger partial charge is 0.475 e. The molecule has 0 aliphatic heterocycles. The number of rotatable bonds is 18. The molecule has 10 heteroatoms. The molecule has 7 N–H and O–H groups in total. The van der Waals surface area contributed by atoms with E-state index in [0.29, 0.717) is 25.7 Å². The van der Waals surface area contributed by atoms with Gasteiger partial charge < -0.3 is 31.7 Å². The number of hydrogen-bond donors (Lipinski definition) is 6. The fourth-order valence-corrected chi connectivity index (χ4v) is 3.34. The highest BCUT2D eigenvalue weighted by Gasteiger charge is 2.29. The number of nitrogens with two attached hydrogens (primary N) is 1. The maximum atomic E-state index is 12.7. The number of amides is 4. The summed E-state index contributed by atoms with van der Waals surface area (Å²) in [5.74, 6) is -1.34. The highest BCUT2D eigenvalue weighted by Crippen LogP contribution is 2.10. The molecule has 0 rings (SSSR count). The van der Waals surface area contributed by atoms with E-state index in [4.69, 9.17) is 5.73 Å². The lowest BCUT2D eigenvalue weighted by Gasteiger charge is -2.24. The van der Waals surface area contributed by atoms with Crippen molar-refractivity contribution in [2.45, 2.75) is 103 Å². The molecule has 0 spiro atoms. The van der Waals surface area contributed by atoms with Gasteiger partial charge in [0.25, 0.3) is 0 Å². The third kappa shape index (κ3) is 16.5. The molecule has 31 heavy (non-hydrogen) atoms. The molecule has 0 aromatic carbocycles. The molecule has 180 valence electrons. The molecule has 0 aromatic heterocycles. The monoisotopic (exact) mass is 442 g/mol. The van der Waals surface area contributed by atoms with Gasteiger partial charge in [-0.25, -0.2) is 4.79 Å². The minimum atomic E-state index is -1.69. The van der Waals surface area contributed by atoms with Crippen molar-refractivity contribution in [3.8, 4) is 0 Å². The van der Waals surface area contributed by atoms with Crippen LogP contribution in [0.3, 0.4) is 0 Å². The van der Waals surface area contributed by atoms with Crippen LogP contribution in [-0.2, 0) is 9.59 Å². The van der Waals surface area contributed by atoms with Crippen LogP contribution in [-0.4, -0.2) is 53.5 Å². The van der Waals surface area contributed by atoms with Crippen LogP contribution in [0.1, 0.15) is 91.4 Å². The van der Waals surface area contributed by atoms with Gasteiger partial charge >= 0.3 is 13.1 Å². The second-order valence-corrected chi connectivity index (χ2v) is 8.58. The summed E-state index contributed by atoms with van der Waals surface area (Å²) < 4.78 is 0. The third-order valence-corrected chi connectivity index (χ3v) is 5.04. The fourth-order valence-electron chi connectivity index (χ4n) is 3.34. The second-order valence-electron chi connectivity index (χ2n) is 8.58. The molecule has 0 heterocycles. The second kappa shape index (κ2) is 17.8. The molecule has 0 saturated carbocycles. The molecule has 0 bridgehead atoms. The van der Waals surface area contributed by atoms with Crippen LogP contribution in [0, 0.1) is 5.92 Å². The Balaban J connectivity index is 4.67. The maximum Gasteiger partial charge on any atom is 0.475 e. The summed E-state index contributed by atoms with van der Waals surface area (Å²) in [6, 6.07) is -1.47. The molecule has 4 amide bonds. The number of carbonyl (C=O) groups is 3. The van der Waals surface area contributed by atoms with Crippen molar-refractivity contribution in [2.75, 3.05) is 6.54 Å². The Morgan fingerprint density at radius 1 is 0.935 bits per heavy atom. The van der Waals surface area contributed by atoms with Gasteiger partial charge in [-0.05, 0) is 31.6 Å². The van der Waals surface area contributed by atoms with E-state index in [9.17, 15) is 24.4 Å². The Hall–Kier alpha value is -1.81. The molecular weight excluding hydrogens is 399 g/mol. The highest BCUT2D eigenvalue weighted by atomic mass is 16.4. The number of urea groups is 1. The van der Waals surface area contributed by atoms with Gasteiger partial charge in [-0.15, -0.1) is 0 Å². The molecule has 0 unspecified atom stereocenters. The average molecular weight is 442 g/mol. The average Bonchev–Trinajstić information content (AvgIpc) is 2.68. The predicted octanol–water partition coefficient (Wildman–Crippen LogP) is 1.60. The van der Waals surface area contributed by atoms with Crippen molar-refractivity contribution in [1.82, 2.24) is 16.0 Å². The SMILES string of the molecule is CCCCCCCCCC(=O)N[C@@H](CCCNC(N)=O)C(=O)N[C@@H](CC(C)C)B(O)O. The van der Waals surface area contributed by atoms with Crippen LogP contribution < -0.4 is 21.7 Å². The highest BCUT2D eigenvalue weighted by molar-refractivity contribution is 6.43. The molecule has 0 aliphatic rings. The van der Waals surface area contributed by atoms with E-state index in [0.717, 1.165) is 19.3 Å². The number of carbonyl (C=O) groups excluding carboxylic acids is 3. The van der Waals surface area contributed by atoms with Crippen molar-refractivity contribution in [3.63, 3.8) is 0 Å². The molecule has 9 nitrogen and oxygen atoms in total. The molecule has 0 saturated heterocycles. The van der Waals surface area contributed by atoms with Gasteiger partial charge in [0.2, 0.25) is 11.8 Å². The van der Waals surface area contributed by atoms with E-state index in [1.807, 2.05) is 13.8 Å². The van der Waals surface area contributed by atoms with Crippen LogP contribution in [0.5, 0.6) is 0 Å². The van der Waals surface area contributed by atoms with Crippen LogP contribution in [0.25, 0.3) is 0 Å². The first-order chi connectivity index (χ1) is 14.7. The first-order valence-electron chi connectivity index (χ1n) is 11.7. The lowest BCUT2D eigenvalue weighted by Crippen LogP contribution is -2.54. The topological polar surface area (TPSA) is 154 Å². The van der Waals surface area contributed by atoms with Gasteiger partial charge in [0, 0.05) is 13.0 Å². The lowest BCUT2D eigenvalue weighted by atomic mass is 9.75. The van der Waals surface area contributed by atoms with Gasteiger partial charge in [0.05, 0.1) is 5.94 Å². The van der Waals surface area contributed by atoms with Crippen molar-refractivity contribution in [2.24, 2.45) is 11.7 Å². The smallest absolute Gasteiger partial charge is 0.426 e. The Morgan fingerprint density at radius 2 is 1.55 bits per heavy atom. The minimum absolute atomic E-state index is 0.150. The Labute approximate surface area is 187 Å². The standard InChI is InChI=1S/C21H43BN4O5/c1-4-5-6-7-8-9-10-13-19(27)25-17(12-11-14-24-21(23)29)20(28)26-18(22(30)31)15-16(2)3/h16-18,30-31H,4-15H2,1-3H3,(H,25,27)(H,26,28)(H3,23,24,29)/t17-,18-/m0/s1. The van der Waals surface area contributed by atoms with E-state index in [1.165, 1.54) is 25.7 Å². The third-order valence-electron chi connectivity index (χ3n) is 5.04. The summed E-state index contributed by atoms with van der Waals surface area (Å²) in [6.45, 7) is 6.29. The van der Waals surface area contributed by atoms with Crippen LogP contribution in [0.4, 0.5) is 4.79 Å². The van der Waals surface area contributed by atoms with Gasteiger partial charge in [0.15, 0.2) is 0 Å². The summed E-state index contributed by atoms with van der Waals surface area (Å²) in [5.41, 5.74) is 5.05. The summed E-state index contributed by atoms with van der Waals surface area (Å²) in [5, 5.41) is 27.0. The fraction of sp³-hybridized carbons (Fsp3) is 0.857. The van der Waals surface area contributed by atoms with E-state index < -0.39 is 31.0 Å². The number of hydrogen-bond acceptors (Lipinski definition) is 5. The van der Waals surface area contributed by atoms with Crippen molar-refractivity contribution < 1.29 is 24.4 Å². The van der Waals surface area contributed by atoms with Crippen molar-refractivity contribution in [3.05, 3.63) is 0 Å².